The number of aryl methyl sites for hydroxylation is 1. The molecular formula is C18H24ClN3O. The fourth-order valence-electron chi connectivity index (χ4n) is 2.65. The molecule has 2 aromatic rings. The number of carbonyl (C=O) groups excluding carboxylic acids is 1. The second kappa shape index (κ2) is 7.64. The topological polar surface area (TPSA) is 46.9 Å². The standard InChI is InChI=1S/C18H24ClN3O/c1-12(2)11-22-14(4)17(13(3)21-22)8-9-18(23)20-16-7-5-6-15(19)10-16/h5-7,10,12H,8-9,11H2,1-4H3,(H,20,23). The van der Waals surface area contributed by atoms with Crippen LogP contribution in [0.5, 0.6) is 0 Å². The van der Waals surface area contributed by atoms with Crippen LogP contribution in [-0.4, -0.2) is 15.7 Å². The number of benzene rings is 1. The van der Waals surface area contributed by atoms with E-state index >= 15 is 0 Å². The van der Waals surface area contributed by atoms with Gasteiger partial charge in [-0.2, -0.15) is 5.10 Å². The van der Waals surface area contributed by atoms with Crippen LogP contribution in [0.3, 0.4) is 0 Å². The summed E-state index contributed by atoms with van der Waals surface area (Å²) in [6, 6.07) is 7.19. The van der Waals surface area contributed by atoms with E-state index < -0.39 is 0 Å². The molecule has 0 bridgehead atoms. The molecule has 0 aliphatic carbocycles. The molecule has 1 aromatic heterocycles. The molecule has 124 valence electrons. The minimum Gasteiger partial charge on any atom is -0.326 e. The highest BCUT2D eigenvalue weighted by atomic mass is 35.5. The number of nitrogens with one attached hydrogen (secondary N) is 1. The van der Waals surface area contributed by atoms with E-state index in [4.69, 9.17) is 11.6 Å². The molecule has 2 rings (SSSR count). The van der Waals surface area contributed by atoms with Crippen molar-refractivity contribution in [2.45, 2.75) is 47.1 Å². The predicted octanol–water partition coefficient (Wildman–Crippen LogP) is 4.38. The van der Waals surface area contributed by atoms with E-state index in [9.17, 15) is 4.79 Å². The van der Waals surface area contributed by atoms with E-state index in [1.54, 1.807) is 12.1 Å². The zero-order valence-corrected chi connectivity index (χ0v) is 14.9. The Morgan fingerprint density at radius 2 is 2.09 bits per heavy atom. The van der Waals surface area contributed by atoms with Crippen molar-refractivity contribution in [2.24, 2.45) is 5.92 Å². The zero-order chi connectivity index (χ0) is 17.0. The first-order chi connectivity index (χ1) is 10.9. The number of hydrogen-bond acceptors (Lipinski definition) is 2. The summed E-state index contributed by atoms with van der Waals surface area (Å²) in [5.74, 6) is 0.537. The van der Waals surface area contributed by atoms with E-state index in [1.807, 2.05) is 23.7 Å². The van der Waals surface area contributed by atoms with Crippen molar-refractivity contribution in [1.29, 1.82) is 0 Å². The first kappa shape index (κ1) is 17.5. The molecule has 0 radical (unpaired) electrons. The lowest BCUT2D eigenvalue weighted by Gasteiger charge is -2.08. The normalized spacial score (nSPS) is 11.0. The number of aromatic nitrogens is 2. The van der Waals surface area contributed by atoms with Gasteiger partial charge in [-0.15, -0.1) is 0 Å². The van der Waals surface area contributed by atoms with Crippen LogP contribution in [0.4, 0.5) is 5.69 Å². The van der Waals surface area contributed by atoms with Gasteiger partial charge in [-0.3, -0.25) is 9.48 Å². The average molecular weight is 334 g/mol. The van der Waals surface area contributed by atoms with Gasteiger partial charge in [0.1, 0.15) is 0 Å². The van der Waals surface area contributed by atoms with E-state index in [0.717, 1.165) is 23.6 Å². The van der Waals surface area contributed by atoms with Crippen LogP contribution in [0.1, 0.15) is 37.2 Å². The molecule has 0 saturated heterocycles. The molecule has 23 heavy (non-hydrogen) atoms. The summed E-state index contributed by atoms with van der Waals surface area (Å²) < 4.78 is 2.05. The monoisotopic (exact) mass is 333 g/mol. The van der Waals surface area contributed by atoms with Crippen LogP contribution in [0.15, 0.2) is 24.3 Å². The molecule has 4 nitrogen and oxygen atoms in total. The van der Waals surface area contributed by atoms with Gasteiger partial charge in [0.2, 0.25) is 5.91 Å². The molecule has 0 fully saturated rings. The van der Waals surface area contributed by atoms with Crippen molar-refractivity contribution >= 4 is 23.2 Å². The van der Waals surface area contributed by atoms with Crippen LogP contribution in [0.2, 0.25) is 5.02 Å². The highest BCUT2D eigenvalue weighted by Gasteiger charge is 2.14. The van der Waals surface area contributed by atoms with Gasteiger partial charge in [-0.25, -0.2) is 0 Å². The lowest BCUT2D eigenvalue weighted by atomic mass is 10.1. The van der Waals surface area contributed by atoms with E-state index in [2.05, 4.69) is 31.2 Å². The second-order valence-electron chi connectivity index (χ2n) is 6.28. The molecule has 1 N–H and O–H groups in total. The lowest BCUT2D eigenvalue weighted by molar-refractivity contribution is -0.116. The summed E-state index contributed by atoms with van der Waals surface area (Å²) in [6.07, 6.45) is 1.13. The average Bonchev–Trinajstić information content (AvgIpc) is 2.70. The minimum atomic E-state index is -0.0114. The third-order valence-corrected chi connectivity index (χ3v) is 4.01. The fourth-order valence-corrected chi connectivity index (χ4v) is 2.84. The van der Waals surface area contributed by atoms with Crippen LogP contribution >= 0.6 is 11.6 Å². The molecule has 0 atom stereocenters. The van der Waals surface area contributed by atoms with Crippen molar-refractivity contribution in [2.75, 3.05) is 5.32 Å². The molecule has 0 aliphatic heterocycles. The van der Waals surface area contributed by atoms with Gasteiger partial charge in [0, 0.05) is 29.4 Å². The largest absolute Gasteiger partial charge is 0.326 e. The van der Waals surface area contributed by atoms with Gasteiger partial charge in [-0.1, -0.05) is 31.5 Å². The quantitative estimate of drug-likeness (QED) is 0.852. The number of rotatable bonds is 6. The molecule has 0 unspecified atom stereocenters. The Morgan fingerprint density at radius 3 is 2.74 bits per heavy atom. The maximum absolute atomic E-state index is 12.1. The third kappa shape index (κ3) is 4.83. The summed E-state index contributed by atoms with van der Waals surface area (Å²) >= 11 is 5.92. The molecule has 0 spiro atoms. The van der Waals surface area contributed by atoms with Gasteiger partial charge >= 0.3 is 0 Å². The van der Waals surface area contributed by atoms with Crippen molar-refractivity contribution in [3.05, 3.63) is 46.2 Å². The molecule has 0 aliphatic rings. The molecule has 1 heterocycles. The fraction of sp³-hybridized carbons (Fsp3) is 0.444. The molecule has 0 saturated carbocycles. The van der Waals surface area contributed by atoms with Crippen LogP contribution in [-0.2, 0) is 17.8 Å². The van der Waals surface area contributed by atoms with Gasteiger partial charge in [0.25, 0.3) is 0 Å². The Labute approximate surface area is 142 Å². The number of halogens is 1. The van der Waals surface area contributed by atoms with Crippen LogP contribution in [0.25, 0.3) is 0 Å². The van der Waals surface area contributed by atoms with Gasteiger partial charge in [0.15, 0.2) is 0 Å². The minimum absolute atomic E-state index is 0.0114. The predicted molar refractivity (Wildman–Crippen MR) is 94.9 cm³/mol. The smallest absolute Gasteiger partial charge is 0.224 e. The van der Waals surface area contributed by atoms with E-state index in [0.29, 0.717) is 23.8 Å². The molecular weight excluding hydrogens is 310 g/mol. The number of amides is 1. The Morgan fingerprint density at radius 1 is 1.35 bits per heavy atom. The number of hydrogen-bond donors (Lipinski definition) is 1. The summed E-state index contributed by atoms with van der Waals surface area (Å²) in [4.78, 5) is 12.1. The Hall–Kier alpha value is -1.81. The summed E-state index contributed by atoms with van der Waals surface area (Å²) in [6.45, 7) is 9.34. The summed E-state index contributed by atoms with van der Waals surface area (Å²) in [5.41, 5.74) is 4.07. The number of carbonyl (C=O) groups is 1. The zero-order valence-electron chi connectivity index (χ0n) is 14.2. The van der Waals surface area contributed by atoms with Crippen molar-refractivity contribution in [1.82, 2.24) is 9.78 Å². The SMILES string of the molecule is Cc1nn(CC(C)C)c(C)c1CCC(=O)Nc1cccc(Cl)c1. The second-order valence-corrected chi connectivity index (χ2v) is 6.72. The van der Waals surface area contributed by atoms with Crippen molar-refractivity contribution in [3.63, 3.8) is 0 Å². The first-order valence-electron chi connectivity index (χ1n) is 7.95. The van der Waals surface area contributed by atoms with Gasteiger partial charge in [-0.05, 0) is 49.9 Å². The summed E-state index contributed by atoms with van der Waals surface area (Å²) in [5, 5.41) is 8.09. The van der Waals surface area contributed by atoms with Crippen molar-refractivity contribution < 1.29 is 4.79 Å². The Balaban J connectivity index is 1.98. The van der Waals surface area contributed by atoms with Crippen LogP contribution < -0.4 is 5.32 Å². The van der Waals surface area contributed by atoms with Crippen LogP contribution in [0, 0.1) is 19.8 Å². The number of nitrogens with zero attached hydrogens (tertiary/aromatic N) is 2. The van der Waals surface area contributed by atoms with Gasteiger partial charge in [0.05, 0.1) is 5.69 Å². The molecule has 1 aromatic carbocycles. The number of anilines is 1. The Kier molecular flexibility index (Phi) is 5.83. The van der Waals surface area contributed by atoms with Crippen molar-refractivity contribution in [3.8, 4) is 0 Å². The lowest BCUT2D eigenvalue weighted by Crippen LogP contribution is -2.13. The first-order valence-corrected chi connectivity index (χ1v) is 8.33. The van der Waals surface area contributed by atoms with E-state index in [-0.39, 0.29) is 5.91 Å². The highest BCUT2D eigenvalue weighted by molar-refractivity contribution is 6.30. The maximum atomic E-state index is 12.1. The molecule has 5 heteroatoms. The third-order valence-electron chi connectivity index (χ3n) is 3.78. The molecule has 1 amide bonds. The maximum Gasteiger partial charge on any atom is 0.224 e. The summed E-state index contributed by atoms with van der Waals surface area (Å²) in [7, 11) is 0. The van der Waals surface area contributed by atoms with Gasteiger partial charge < -0.3 is 5.32 Å². The Bertz CT molecular complexity index is 692. The highest BCUT2D eigenvalue weighted by Crippen LogP contribution is 2.18. The van der Waals surface area contributed by atoms with E-state index in [1.165, 1.54) is 5.56 Å².